The largest absolute Gasteiger partial charge is 0.433 e. The molecule has 0 unspecified atom stereocenters. The van der Waals surface area contributed by atoms with Gasteiger partial charge < -0.3 is 18.9 Å². The van der Waals surface area contributed by atoms with E-state index < -0.39 is 16.8 Å². The van der Waals surface area contributed by atoms with E-state index >= 15 is 0 Å². The zero-order valence-electron chi connectivity index (χ0n) is 12.2. The normalized spacial score (nSPS) is 50.4. The summed E-state index contributed by atoms with van der Waals surface area (Å²) in [6, 6.07) is 0. The highest BCUT2D eigenvalue weighted by Crippen LogP contribution is 2.74. The summed E-state index contributed by atoms with van der Waals surface area (Å²) in [7, 11) is 1.60. The Labute approximate surface area is 113 Å². The molecule has 3 rings (SSSR count). The molecule has 0 aromatic carbocycles. The van der Waals surface area contributed by atoms with Gasteiger partial charge in [0.2, 0.25) is 5.79 Å². The van der Waals surface area contributed by atoms with E-state index in [1.807, 2.05) is 6.92 Å². The molecule has 0 N–H and O–H groups in total. The van der Waals surface area contributed by atoms with Gasteiger partial charge in [-0.15, -0.1) is 0 Å². The van der Waals surface area contributed by atoms with Crippen LogP contribution in [0.5, 0.6) is 0 Å². The fourth-order valence-corrected chi connectivity index (χ4v) is 4.44. The van der Waals surface area contributed by atoms with Crippen LogP contribution in [0.25, 0.3) is 0 Å². The number of methoxy groups -OCH3 is 1. The lowest BCUT2D eigenvalue weighted by Gasteiger charge is -2.76. The van der Waals surface area contributed by atoms with Crippen molar-refractivity contribution in [3.63, 3.8) is 0 Å². The third-order valence-corrected chi connectivity index (χ3v) is 5.35. The third-order valence-electron chi connectivity index (χ3n) is 5.35. The summed E-state index contributed by atoms with van der Waals surface area (Å²) in [5.74, 6) is -0.521. The first-order valence-corrected chi connectivity index (χ1v) is 6.83. The number of ether oxygens (including phenoxy) is 4. The zero-order valence-corrected chi connectivity index (χ0v) is 12.2. The van der Waals surface area contributed by atoms with Gasteiger partial charge in [-0.1, -0.05) is 6.92 Å². The molecular weight excluding hydrogens is 248 g/mol. The molecule has 5 atom stereocenters. The van der Waals surface area contributed by atoms with Gasteiger partial charge in [0.05, 0.1) is 11.7 Å². The Morgan fingerprint density at radius 3 is 2.68 bits per heavy atom. The van der Waals surface area contributed by atoms with Gasteiger partial charge in [-0.3, -0.25) is 4.79 Å². The van der Waals surface area contributed by atoms with Crippen molar-refractivity contribution in [3.05, 3.63) is 0 Å². The highest BCUT2D eigenvalue weighted by atomic mass is 16.7. The SMILES string of the molecule is COCO[C@@H]1C[C@]23C(=O)OC(C)(C)O[C@@]2(C)[C@@H](C)[C@H]13. The van der Waals surface area contributed by atoms with Gasteiger partial charge >= 0.3 is 5.97 Å². The van der Waals surface area contributed by atoms with Crippen molar-refractivity contribution in [2.75, 3.05) is 13.9 Å². The van der Waals surface area contributed by atoms with Crippen LogP contribution in [0.15, 0.2) is 0 Å². The maximum Gasteiger partial charge on any atom is 0.318 e. The van der Waals surface area contributed by atoms with E-state index in [2.05, 4.69) is 6.92 Å². The summed E-state index contributed by atoms with van der Waals surface area (Å²) in [5.41, 5.74) is -0.955. The molecule has 5 heteroatoms. The van der Waals surface area contributed by atoms with Gasteiger partial charge in [-0.2, -0.15) is 0 Å². The van der Waals surface area contributed by atoms with Gasteiger partial charge in [-0.05, 0) is 19.3 Å². The van der Waals surface area contributed by atoms with Crippen molar-refractivity contribution in [2.45, 2.75) is 51.6 Å². The second-order valence-electron chi connectivity index (χ2n) is 6.60. The molecule has 0 aromatic heterocycles. The molecule has 2 aliphatic carbocycles. The van der Waals surface area contributed by atoms with Crippen LogP contribution in [-0.4, -0.2) is 37.4 Å². The fraction of sp³-hybridized carbons (Fsp3) is 0.929. The molecule has 0 radical (unpaired) electrons. The first-order chi connectivity index (χ1) is 8.78. The van der Waals surface area contributed by atoms with Gasteiger partial charge in [0.25, 0.3) is 0 Å². The van der Waals surface area contributed by atoms with Crippen molar-refractivity contribution in [2.24, 2.45) is 17.3 Å². The minimum atomic E-state index is -0.839. The van der Waals surface area contributed by atoms with E-state index in [1.54, 1.807) is 21.0 Å². The number of rotatable bonds is 3. The van der Waals surface area contributed by atoms with Crippen molar-refractivity contribution >= 4 is 5.97 Å². The smallest absolute Gasteiger partial charge is 0.318 e. The van der Waals surface area contributed by atoms with Crippen molar-refractivity contribution in [1.82, 2.24) is 0 Å². The molecule has 3 aliphatic rings. The number of esters is 1. The Hall–Kier alpha value is -0.650. The summed E-state index contributed by atoms with van der Waals surface area (Å²) in [5, 5.41) is 0. The van der Waals surface area contributed by atoms with Crippen LogP contribution in [0, 0.1) is 17.3 Å². The van der Waals surface area contributed by atoms with E-state index in [0.717, 1.165) is 0 Å². The Morgan fingerprint density at radius 2 is 2.05 bits per heavy atom. The Bertz CT molecular complexity index is 420. The molecule has 0 amide bonds. The average Bonchev–Trinajstić information content (AvgIpc) is 2.24. The minimum Gasteiger partial charge on any atom is -0.433 e. The molecule has 0 bridgehead atoms. The van der Waals surface area contributed by atoms with Crippen LogP contribution in [-0.2, 0) is 23.7 Å². The molecule has 19 heavy (non-hydrogen) atoms. The molecule has 1 aliphatic heterocycles. The van der Waals surface area contributed by atoms with Crippen LogP contribution in [0.1, 0.15) is 34.1 Å². The monoisotopic (exact) mass is 270 g/mol. The number of hydrogen-bond acceptors (Lipinski definition) is 5. The molecule has 0 aromatic rings. The van der Waals surface area contributed by atoms with Crippen molar-refractivity contribution in [1.29, 1.82) is 0 Å². The molecule has 1 spiro atoms. The maximum atomic E-state index is 12.4. The summed E-state index contributed by atoms with van der Waals surface area (Å²) >= 11 is 0. The molecule has 2 saturated carbocycles. The summed E-state index contributed by atoms with van der Waals surface area (Å²) in [6.07, 6.45) is 0.733. The lowest BCUT2D eigenvalue weighted by molar-refractivity contribution is -0.431. The first-order valence-electron chi connectivity index (χ1n) is 6.83. The summed E-state index contributed by atoms with van der Waals surface area (Å²) < 4.78 is 22.1. The standard InChI is InChI=1S/C14H22O5/c1-8-10-9(17-7-16-5)6-14(10)11(15)18-12(2,3)19-13(8,14)4/h8-10H,6-7H2,1-5H3/t8-,9+,10+,13-,14-/m0/s1. The molecule has 5 nitrogen and oxygen atoms in total. The minimum absolute atomic E-state index is 0.0698. The Morgan fingerprint density at radius 1 is 1.37 bits per heavy atom. The molecular formula is C14H22O5. The first kappa shape index (κ1) is 13.3. The van der Waals surface area contributed by atoms with Crippen molar-refractivity contribution < 1.29 is 23.7 Å². The van der Waals surface area contributed by atoms with Crippen LogP contribution in [0.4, 0.5) is 0 Å². The summed E-state index contributed by atoms with van der Waals surface area (Å²) in [6.45, 7) is 8.01. The predicted octanol–water partition coefficient (Wildman–Crippen LogP) is 1.70. The van der Waals surface area contributed by atoms with Crippen LogP contribution >= 0.6 is 0 Å². The quantitative estimate of drug-likeness (QED) is 0.577. The topological polar surface area (TPSA) is 54.0 Å². The summed E-state index contributed by atoms with van der Waals surface area (Å²) in [4.78, 5) is 12.4. The predicted molar refractivity (Wildman–Crippen MR) is 66.1 cm³/mol. The van der Waals surface area contributed by atoms with Crippen LogP contribution < -0.4 is 0 Å². The highest BCUT2D eigenvalue weighted by molar-refractivity contribution is 5.84. The third kappa shape index (κ3) is 1.38. The van der Waals surface area contributed by atoms with Crippen LogP contribution in [0.3, 0.4) is 0 Å². The molecule has 1 saturated heterocycles. The van der Waals surface area contributed by atoms with E-state index in [9.17, 15) is 4.79 Å². The zero-order chi connectivity index (χ0) is 14.1. The molecule has 108 valence electrons. The Balaban J connectivity index is 1.83. The van der Waals surface area contributed by atoms with Gasteiger partial charge in [-0.25, -0.2) is 0 Å². The van der Waals surface area contributed by atoms with Gasteiger partial charge in [0.15, 0.2) is 0 Å². The number of carbonyl (C=O) groups is 1. The number of carbonyl (C=O) groups excluding carboxylic acids is 1. The lowest BCUT2D eigenvalue weighted by atomic mass is 9.34. The fourth-order valence-electron chi connectivity index (χ4n) is 4.44. The van der Waals surface area contributed by atoms with Crippen molar-refractivity contribution in [3.8, 4) is 0 Å². The van der Waals surface area contributed by atoms with Gasteiger partial charge in [0, 0.05) is 26.9 Å². The lowest BCUT2D eigenvalue weighted by Crippen LogP contribution is -2.85. The second kappa shape index (κ2) is 3.71. The van der Waals surface area contributed by atoms with E-state index in [0.29, 0.717) is 6.42 Å². The van der Waals surface area contributed by atoms with Crippen LogP contribution in [0.2, 0.25) is 0 Å². The highest BCUT2D eigenvalue weighted by Gasteiger charge is 2.84. The maximum absolute atomic E-state index is 12.4. The second-order valence-corrected chi connectivity index (χ2v) is 6.60. The van der Waals surface area contributed by atoms with Gasteiger partial charge in [0.1, 0.15) is 12.2 Å². The average molecular weight is 270 g/mol. The van der Waals surface area contributed by atoms with E-state index in [-0.39, 0.29) is 30.7 Å². The Kier molecular flexibility index (Phi) is 2.61. The molecule has 1 heterocycles. The number of hydrogen-bond donors (Lipinski definition) is 0. The number of cyclic esters (lactones) is 1. The van der Waals surface area contributed by atoms with E-state index in [1.165, 1.54) is 0 Å². The van der Waals surface area contributed by atoms with E-state index in [4.69, 9.17) is 18.9 Å². The molecule has 3 fully saturated rings.